The third-order valence-corrected chi connectivity index (χ3v) is 2.16. The zero-order valence-corrected chi connectivity index (χ0v) is 8.22. The fraction of sp³-hybridized carbons (Fsp3) is 0. The Kier molecular flexibility index (Phi) is 2.64. The van der Waals surface area contributed by atoms with Crippen molar-refractivity contribution in [1.29, 1.82) is 0 Å². The van der Waals surface area contributed by atoms with E-state index in [1.807, 2.05) is 0 Å². The number of halogens is 1. The molecule has 16 heavy (non-hydrogen) atoms. The molecule has 1 heterocycles. The summed E-state index contributed by atoms with van der Waals surface area (Å²) in [5, 5.41) is 8.72. The lowest BCUT2D eigenvalue weighted by Crippen LogP contribution is -1.95. The van der Waals surface area contributed by atoms with Gasteiger partial charge in [0.05, 0.1) is 17.5 Å². The Balaban J connectivity index is 2.34. The van der Waals surface area contributed by atoms with Crippen LogP contribution in [0.15, 0.2) is 42.6 Å². The summed E-state index contributed by atoms with van der Waals surface area (Å²) < 4.78 is 12.6. The predicted molar refractivity (Wildman–Crippen MR) is 56.6 cm³/mol. The van der Waals surface area contributed by atoms with Crippen molar-refractivity contribution >= 4 is 5.97 Å². The number of rotatable bonds is 2. The molecule has 0 amide bonds. The quantitative estimate of drug-likeness (QED) is 0.841. The summed E-state index contributed by atoms with van der Waals surface area (Å²) in [5.74, 6) is -1.37. The zero-order valence-electron chi connectivity index (χ0n) is 8.22. The molecule has 80 valence electrons. The summed E-state index contributed by atoms with van der Waals surface area (Å²) in [7, 11) is 0. The molecule has 0 saturated heterocycles. The standard InChI is InChI=1S/C12H8FNO2/c13-10-5-6-11(14-7-10)8-1-3-9(4-2-8)12(15)16/h1-7H,(H,15,16). The average Bonchev–Trinajstić information content (AvgIpc) is 2.30. The number of aromatic carboxylic acids is 1. The number of nitrogens with zero attached hydrogens (tertiary/aromatic N) is 1. The van der Waals surface area contributed by atoms with Gasteiger partial charge in [-0.05, 0) is 24.3 Å². The SMILES string of the molecule is O=C(O)c1ccc(-c2ccc(F)cn2)cc1. The molecule has 1 N–H and O–H groups in total. The molecule has 0 aliphatic carbocycles. The van der Waals surface area contributed by atoms with Crippen molar-refractivity contribution in [2.75, 3.05) is 0 Å². The largest absolute Gasteiger partial charge is 0.478 e. The van der Waals surface area contributed by atoms with Crippen LogP contribution in [0.25, 0.3) is 11.3 Å². The predicted octanol–water partition coefficient (Wildman–Crippen LogP) is 2.59. The zero-order chi connectivity index (χ0) is 11.5. The van der Waals surface area contributed by atoms with E-state index in [-0.39, 0.29) is 5.56 Å². The molecule has 4 heteroatoms. The summed E-state index contributed by atoms with van der Waals surface area (Å²) in [6, 6.07) is 9.12. The van der Waals surface area contributed by atoms with Crippen LogP contribution in [0.5, 0.6) is 0 Å². The summed E-state index contributed by atoms with van der Waals surface area (Å²) in [6.45, 7) is 0. The molecular weight excluding hydrogens is 209 g/mol. The van der Waals surface area contributed by atoms with Gasteiger partial charge >= 0.3 is 5.97 Å². The van der Waals surface area contributed by atoms with Crippen LogP contribution in [-0.2, 0) is 0 Å². The Morgan fingerprint density at radius 1 is 1.12 bits per heavy atom. The van der Waals surface area contributed by atoms with Crippen molar-refractivity contribution in [3.63, 3.8) is 0 Å². The highest BCUT2D eigenvalue weighted by Gasteiger charge is 2.03. The van der Waals surface area contributed by atoms with E-state index in [1.54, 1.807) is 18.2 Å². The smallest absolute Gasteiger partial charge is 0.335 e. The number of hydrogen-bond acceptors (Lipinski definition) is 2. The fourth-order valence-corrected chi connectivity index (χ4v) is 1.33. The van der Waals surface area contributed by atoms with Gasteiger partial charge in [0.15, 0.2) is 0 Å². The van der Waals surface area contributed by atoms with E-state index in [4.69, 9.17) is 5.11 Å². The second-order valence-electron chi connectivity index (χ2n) is 3.24. The maximum absolute atomic E-state index is 12.6. The number of carboxylic acids is 1. The molecule has 0 fully saturated rings. The molecule has 3 nitrogen and oxygen atoms in total. The average molecular weight is 217 g/mol. The molecule has 2 aromatic rings. The lowest BCUT2D eigenvalue weighted by Gasteiger charge is -2.00. The van der Waals surface area contributed by atoms with Gasteiger partial charge in [0.2, 0.25) is 0 Å². The molecule has 0 saturated carbocycles. The Labute approximate surface area is 91.2 Å². The second kappa shape index (κ2) is 4.10. The van der Waals surface area contributed by atoms with Gasteiger partial charge in [-0.3, -0.25) is 4.98 Å². The minimum absolute atomic E-state index is 0.214. The lowest BCUT2D eigenvalue weighted by molar-refractivity contribution is 0.0697. The van der Waals surface area contributed by atoms with Crippen LogP contribution in [0.1, 0.15) is 10.4 Å². The van der Waals surface area contributed by atoms with Crippen molar-refractivity contribution in [3.05, 3.63) is 54.0 Å². The number of carboxylic acid groups (broad SMARTS) is 1. The molecule has 0 aliphatic heterocycles. The minimum atomic E-state index is -0.974. The molecule has 1 aromatic carbocycles. The van der Waals surface area contributed by atoms with Crippen LogP contribution in [0, 0.1) is 5.82 Å². The fourth-order valence-electron chi connectivity index (χ4n) is 1.33. The molecule has 2 rings (SSSR count). The van der Waals surface area contributed by atoms with Gasteiger partial charge < -0.3 is 5.11 Å². The maximum atomic E-state index is 12.6. The summed E-state index contributed by atoms with van der Waals surface area (Å²) >= 11 is 0. The first-order chi connectivity index (χ1) is 7.66. The van der Waals surface area contributed by atoms with E-state index in [1.165, 1.54) is 18.2 Å². The first-order valence-corrected chi connectivity index (χ1v) is 4.62. The third-order valence-electron chi connectivity index (χ3n) is 2.16. The number of hydrogen-bond donors (Lipinski definition) is 1. The Hall–Kier alpha value is -2.23. The first kappa shape index (κ1) is 10.3. The topological polar surface area (TPSA) is 50.2 Å². The van der Waals surface area contributed by atoms with E-state index in [9.17, 15) is 9.18 Å². The van der Waals surface area contributed by atoms with Crippen LogP contribution >= 0.6 is 0 Å². The maximum Gasteiger partial charge on any atom is 0.335 e. The van der Waals surface area contributed by atoms with Gasteiger partial charge in [0.25, 0.3) is 0 Å². The van der Waals surface area contributed by atoms with Crippen molar-refractivity contribution in [3.8, 4) is 11.3 Å². The molecule has 0 radical (unpaired) electrons. The molecule has 0 aliphatic rings. The van der Waals surface area contributed by atoms with Gasteiger partial charge in [0.1, 0.15) is 5.82 Å². The van der Waals surface area contributed by atoms with Crippen molar-refractivity contribution in [2.24, 2.45) is 0 Å². The van der Waals surface area contributed by atoms with Gasteiger partial charge in [-0.25, -0.2) is 9.18 Å². The summed E-state index contributed by atoms with van der Waals surface area (Å²) in [4.78, 5) is 14.5. The Bertz CT molecular complexity index is 506. The Morgan fingerprint density at radius 2 is 1.81 bits per heavy atom. The van der Waals surface area contributed by atoms with Gasteiger partial charge in [-0.2, -0.15) is 0 Å². The molecule has 0 atom stereocenters. The highest BCUT2D eigenvalue weighted by atomic mass is 19.1. The molecule has 0 bridgehead atoms. The van der Waals surface area contributed by atoms with Crippen molar-refractivity contribution < 1.29 is 14.3 Å². The van der Waals surface area contributed by atoms with Crippen LogP contribution in [0.3, 0.4) is 0 Å². The number of benzene rings is 1. The van der Waals surface area contributed by atoms with Crippen LogP contribution in [-0.4, -0.2) is 16.1 Å². The Morgan fingerprint density at radius 3 is 2.31 bits per heavy atom. The van der Waals surface area contributed by atoms with Gasteiger partial charge in [0, 0.05) is 5.56 Å². The van der Waals surface area contributed by atoms with Crippen LogP contribution in [0.2, 0.25) is 0 Å². The van der Waals surface area contributed by atoms with E-state index in [0.29, 0.717) is 5.69 Å². The molecule has 0 unspecified atom stereocenters. The van der Waals surface area contributed by atoms with Gasteiger partial charge in [-0.1, -0.05) is 12.1 Å². The molecule has 0 spiro atoms. The van der Waals surface area contributed by atoms with E-state index < -0.39 is 11.8 Å². The van der Waals surface area contributed by atoms with E-state index >= 15 is 0 Å². The number of carbonyl (C=O) groups is 1. The van der Waals surface area contributed by atoms with Crippen molar-refractivity contribution in [2.45, 2.75) is 0 Å². The molecular formula is C12H8FNO2. The molecule has 1 aromatic heterocycles. The monoisotopic (exact) mass is 217 g/mol. The van der Waals surface area contributed by atoms with E-state index in [2.05, 4.69) is 4.98 Å². The van der Waals surface area contributed by atoms with Gasteiger partial charge in [-0.15, -0.1) is 0 Å². The third kappa shape index (κ3) is 2.06. The summed E-state index contributed by atoms with van der Waals surface area (Å²) in [5.41, 5.74) is 1.58. The lowest BCUT2D eigenvalue weighted by atomic mass is 10.1. The summed E-state index contributed by atoms with van der Waals surface area (Å²) in [6.07, 6.45) is 1.13. The normalized spacial score (nSPS) is 10.1. The highest BCUT2D eigenvalue weighted by Crippen LogP contribution is 2.17. The highest BCUT2D eigenvalue weighted by molar-refractivity contribution is 5.88. The van der Waals surface area contributed by atoms with Crippen LogP contribution < -0.4 is 0 Å². The van der Waals surface area contributed by atoms with Crippen molar-refractivity contribution in [1.82, 2.24) is 4.98 Å². The number of aromatic nitrogens is 1. The van der Waals surface area contributed by atoms with Crippen LogP contribution in [0.4, 0.5) is 4.39 Å². The van der Waals surface area contributed by atoms with E-state index in [0.717, 1.165) is 11.8 Å². The minimum Gasteiger partial charge on any atom is -0.478 e. The second-order valence-corrected chi connectivity index (χ2v) is 3.24. The number of pyridine rings is 1. The first-order valence-electron chi connectivity index (χ1n) is 4.62.